The van der Waals surface area contributed by atoms with Gasteiger partial charge in [0.05, 0.1) is 28.1 Å². The highest BCUT2D eigenvalue weighted by molar-refractivity contribution is 8.01. The zero-order chi connectivity index (χ0) is 20.1. The number of hydrogen-bond donors (Lipinski definition) is 1. The Balaban J connectivity index is 1.64. The molecule has 7 nitrogen and oxygen atoms in total. The summed E-state index contributed by atoms with van der Waals surface area (Å²) in [4.78, 5) is 28.8. The number of ether oxygens (including phenoxy) is 2. The fraction of sp³-hybridized carbons (Fsp3) is 0.222. The van der Waals surface area contributed by atoms with Crippen molar-refractivity contribution in [1.29, 1.82) is 5.26 Å². The molecule has 0 saturated heterocycles. The lowest BCUT2D eigenvalue weighted by Crippen LogP contribution is -2.11. The average Bonchev–Trinajstić information content (AvgIpc) is 3.24. The molecule has 2 N–H and O–H groups in total. The van der Waals surface area contributed by atoms with Crippen LogP contribution in [0.1, 0.15) is 27.7 Å². The molecular weight excluding hydrogens is 418 g/mol. The molecule has 3 aromatic rings. The highest BCUT2D eigenvalue weighted by Gasteiger charge is 2.24. The van der Waals surface area contributed by atoms with Crippen molar-refractivity contribution < 1.29 is 19.1 Å². The number of thiophene rings is 1. The number of rotatable bonds is 7. The summed E-state index contributed by atoms with van der Waals surface area (Å²) in [5.74, 6) is -1.00. The Morgan fingerprint density at radius 2 is 2.07 bits per heavy atom. The molecule has 0 unspecified atom stereocenters. The maximum atomic E-state index is 12.1. The monoisotopic (exact) mass is 433 g/mol. The topological polar surface area (TPSA) is 115 Å². The second-order valence-corrected chi connectivity index (χ2v) is 8.68. The van der Waals surface area contributed by atoms with Crippen LogP contribution in [0, 0.1) is 11.3 Å². The predicted octanol–water partition coefficient (Wildman–Crippen LogP) is 3.82. The van der Waals surface area contributed by atoms with E-state index in [1.54, 1.807) is 6.92 Å². The van der Waals surface area contributed by atoms with Crippen molar-refractivity contribution in [3.8, 4) is 6.07 Å². The van der Waals surface area contributed by atoms with Gasteiger partial charge >= 0.3 is 11.9 Å². The lowest BCUT2D eigenvalue weighted by atomic mass is 10.1. The van der Waals surface area contributed by atoms with Crippen LogP contribution in [0.25, 0.3) is 10.2 Å². The third-order valence-corrected chi connectivity index (χ3v) is 6.77. The molecule has 2 aromatic heterocycles. The largest absolute Gasteiger partial charge is 0.462 e. The van der Waals surface area contributed by atoms with Crippen molar-refractivity contribution in [3.05, 3.63) is 40.3 Å². The average molecular weight is 434 g/mol. The van der Waals surface area contributed by atoms with Gasteiger partial charge in [0.1, 0.15) is 22.6 Å². The van der Waals surface area contributed by atoms with Gasteiger partial charge in [-0.25, -0.2) is 9.78 Å². The summed E-state index contributed by atoms with van der Waals surface area (Å²) in [6.45, 7) is 1.65. The second-order valence-electron chi connectivity index (χ2n) is 5.38. The van der Waals surface area contributed by atoms with Crippen LogP contribution in [-0.2, 0) is 20.9 Å². The molecule has 2 heterocycles. The standard InChI is InChI=1S/C18H15N3O4S3/c1-2-24-17(23)15-11(10(7-19)16(20)28-15)8-25-14(22)9-26-18-21-12-5-3-4-6-13(12)27-18/h3-6H,2,8-9,20H2,1H3. The quantitative estimate of drug-likeness (QED) is 0.442. The molecule has 0 spiro atoms. The molecule has 10 heteroatoms. The zero-order valence-electron chi connectivity index (χ0n) is 14.8. The maximum absolute atomic E-state index is 12.1. The molecule has 0 aliphatic carbocycles. The minimum atomic E-state index is -0.587. The second kappa shape index (κ2) is 9.05. The Bertz CT molecular complexity index is 1030. The number of aromatic nitrogens is 1. The zero-order valence-corrected chi connectivity index (χ0v) is 17.2. The van der Waals surface area contributed by atoms with Crippen LogP contribution >= 0.6 is 34.4 Å². The smallest absolute Gasteiger partial charge is 0.348 e. The fourth-order valence-electron chi connectivity index (χ4n) is 2.33. The Morgan fingerprint density at radius 1 is 1.29 bits per heavy atom. The number of anilines is 1. The molecule has 144 valence electrons. The Morgan fingerprint density at radius 3 is 2.79 bits per heavy atom. The fourth-order valence-corrected chi connectivity index (χ4v) is 5.12. The SMILES string of the molecule is CCOC(=O)c1sc(N)c(C#N)c1COC(=O)CSc1nc2ccccc2s1. The predicted molar refractivity (Wildman–Crippen MR) is 110 cm³/mol. The van der Waals surface area contributed by atoms with E-state index in [0.717, 1.165) is 25.9 Å². The summed E-state index contributed by atoms with van der Waals surface area (Å²) in [6.07, 6.45) is 0. The molecule has 0 saturated carbocycles. The first kappa shape index (κ1) is 20.1. The van der Waals surface area contributed by atoms with Crippen molar-refractivity contribution >= 4 is 61.6 Å². The molecule has 0 aliphatic heterocycles. The van der Waals surface area contributed by atoms with Gasteiger partial charge in [-0.15, -0.1) is 22.7 Å². The van der Waals surface area contributed by atoms with Gasteiger partial charge < -0.3 is 15.2 Å². The molecule has 0 atom stereocenters. The van der Waals surface area contributed by atoms with Crippen LogP contribution in [-0.4, -0.2) is 29.3 Å². The van der Waals surface area contributed by atoms with Gasteiger partial charge in [0.2, 0.25) is 0 Å². The molecule has 1 aromatic carbocycles. The van der Waals surface area contributed by atoms with Crippen molar-refractivity contribution in [3.63, 3.8) is 0 Å². The number of carbonyl (C=O) groups is 2. The number of nitrogens with two attached hydrogens (primary N) is 1. The number of thioether (sulfide) groups is 1. The molecule has 28 heavy (non-hydrogen) atoms. The summed E-state index contributed by atoms with van der Waals surface area (Å²) in [5, 5.41) is 9.48. The highest BCUT2D eigenvalue weighted by atomic mass is 32.2. The van der Waals surface area contributed by atoms with E-state index in [1.165, 1.54) is 23.1 Å². The Labute approximate surface area is 173 Å². The summed E-state index contributed by atoms with van der Waals surface area (Å²) in [5.41, 5.74) is 7.10. The number of thiazole rings is 1. The van der Waals surface area contributed by atoms with Crippen LogP contribution in [0.5, 0.6) is 0 Å². The molecule has 0 amide bonds. The van der Waals surface area contributed by atoms with Crippen molar-refractivity contribution in [2.24, 2.45) is 0 Å². The van der Waals surface area contributed by atoms with Gasteiger partial charge in [-0.3, -0.25) is 4.79 Å². The number of carbonyl (C=O) groups excluding carboxylic acids is 2. The first-order chi connectivity index (χ1) is 13.5. The number of nitrogens with zero attached hydrogens (tertiary/aromatic N) is 2. The van der Waals surface area contributed by atoms with Crippen LogP contribution in [0.2, 0.25) is 0 Å². The number of fused-ring (bicyclic) bond motifs is 1. The summed E-state index contributed by atoms with van der Waals surface area (Å²) < 4.78 is 12.0. The van der Waals surface area contributed by atoms with Crippen LogP contribution in [0.15, 0.2) is 28.6 Å². The first-order valence-electron chi connectivity index (χ1n) is 8.15. The van der Waals surface area contributed by atoms with Crippen LogP contribution < -0.4 is 5.73 Å². The van der Waals surface area contributed by atoms with E-state index in [1.807, 2.05) is 30.3 Å². The van der Waals surface area contributed by atoms with Gasteiger partial charge in [0.15, 0.2) is 4.34 Å². The van der Waals surface area contributed by atoms with Gasteiger partial charge in [-0.2, -0.15) is 5.26 Å². The number of nitriles is 1. The maximum Gasteiger partial charge on any atom is 0.348 e. The highest BCUT2D eigenvalue weighted by Crippen LogP contribution is 2.32. The summed E-state index contributed by atoms with van der Waals surface area (Å²) in [7, 11) is 0. The van der Waals surface area contributed by atoms with Crippen molar-refractivity contribution in [1.82, 2.24) is 4.98 Å². The van der Waals surface area contributed by atoms with Crippen LogP contribution in [0.4, 0.5) is 5.00 Å². The van der Waals surface area contributed by atoms with E-state index in [2.05, 4.69) is 4.98 Å². The minimum Gasteiger partial charge on any atom is -0.462 e. The number of hydrogen-bond acceptors (Lipinski definition) is 10. The molecule has 0 aliphatic rings. The first-order valence-corrected chi connectivity index (χ1v) is 10.8. The summed E-state index contributed by atoms with van der Waals surface area (Å²) >= 11 is 3.73. The Hall–Kier alpha value is -2.61. The molecule has 0 fully saturated rings. The third-order valence-electron chi connectivity index (χ3n) is 3.57. The van der Waals surface area contributed by atoms with Gasteiger partial charge in [-0.1, -0.05) is 23.9 Å². The lowest BCUT2D eigenvalue weighted by molar-refractivity contribution is -0.141. The number of esters is 2. The Kier molecular flexibility index (Phi) is 6.51. The number of nitrogen functional groups attached to an aromatic ring is 1. The molecule has 0 bridgehead atoms. The van der Waals surface area contributed by atoms with Crippen molar-refractivity contribution in [2.75, 3.05) is 18.1 Å². The van der Waals surface area contributed by atoms with E-state index < -0.39 is 11.9 Å². The van der Waals surface area contributed by atoms with Crippen molar-refractivity contribution in [2.45, 2.75) is 17.9 Å². The number of para-hydroxylation sites is 1. The minimum absolute atomic E-state index is 0.0655. The van der Waals surface area contributed by atoms with Crippen LogP contribution in [0.3, 0.4) is 0 Å². The van der Waals surface area contributed by atoms with E-state index in [9.17, 15) is 14.9 Å². The van der Waals surface area contributed by atoms with Gasteiger partial charge in [0.25, 0.3) is 0 Å². The normalized spacial score (nSPS) is 10.6. The van der Waals surface area contributed by atoms with Gasteiger partial charge in [0, 0.05) is 5.56 Å². The summed E-state index contributed by atoms with van der Waals surface area (Å²) in [6, 6.07) is 9.67. The molecule has 0 radical (unpaired) electrons. The van der Waals surface area contributed by atoms with E-state index in [0.29, 0.717) is 0 Å². The van der Waals surface area contributed by atoms with E-state index >= 15 is 0 Å². The third kappa shape index (κ3) is 4.44. The molecular formula is C18H15N3O4S3. The lowest BCUT2D eigenvalue weighted by Gasteiger charge is -2.06. The van der Waals surface area contributed by atoms with E-state index in [4.69, 9.17) is 15.2 Å². The molecule has 3 rings (SSSR count). The number of benzene rings is 1. The van der Waals surface area contributed by atoms with E-state index in [-0.39, 0.29) is 40.0 Å². The van der Waals surface area contributed by atoms with Gasteiger partial charge in [-0.05, 0) is 19.1 Å².